The fourth-order valence-electron chi connectivity index (χ4n) is 2.38. The normalized spacial score (nSPS) is 12.8. The molecule has 0 radical (unpaired) electrons. The number of nitrogens with zero attached hydrogens (tertiary/aromatic N) is 4. The van der Waals surface area contributed by atoms with Crippen LogP contribution in [0, 0.1) is 0 Å². The second-order valence-electron chi connectivity index (χ2n) is 4.84. The maximum atomic E-state index is 6.47. The maximum absolute atomic E-state index is 6.47. The van der Waals surface area contributed by atoms with Gasteiger partial charge >= 0.3 is 0 Å². The molecule has 0 amide bonds. The minimum atomic E-state index is 0.139. The van der Waals surface area contributed by atoms with Gasteiger partial charge in [-0.15, -0.1) is 0 Å². The Hall–Kier alpha value is -1.33. The smallest absolute Gasteiger partial charge is 0.0850 e. The second-order valence-corrected chi connectivity index (χ2v) is 5.21. The van der Waals surface area contributed by atoms with Gasteiger partial charge in [0.1, 0.15) is 0 Å². The predicted octanol–water partition coefficient (Wildman–Crippen LogP) is 2.36. The molecular formula is C14H22ClN5. The standard InChI is InChI=1S/C14H22ClN5/c1-5-10-14(15)13(20(6-2)18-10)9-12(16-3)11-7-8-19(4)17-11/h7-8,12,16H,5-6,9H2,1-4H3. The lowest BCUT2D eigenvalue weighted by molar-refractivity contribution is 0.525. The van der Waals surface area contributed by atoms with Crippen molar-refractivity contribution in [3.63, 3.8) is 0 Å². The zero-order valence-electron chi connectivity index (χ0n) is 12.5. The van der Waals surface area contributed by atoms with E-state index in [1.807, 2.05) is 35.7 Å². The summed E-state index contributed by atoms with van der Waals surface area (Å²) in [6.45, 7) is 4.99. The molecule has 0 aliphatic carbocycles. The molecule has 1 N–H and O–H groups in total. The summed E-state index contributed by atoms with van der Waals surface area (Å²) < 4.78 is 3.81. The zero-order valence-corrected chi connectivity index (χ0v) is 13.3. The first-order chi connectivity index (χ1) is 9.60. The molecule has 2 aromatic rings. The van der Waals surface area contributed by atoms with E-state index in [-0.39, 0.29) is 6.04 Å². The van der Waals surface area contributed by atoms with E-state index in [9.17, 15) is 0 Å². The molecule has 1 unspecified atom stereocenters. The highest BCUT2D eigenvalue weighted by molar-refractivity contribution is 6.31. The van der Waals surface area contributed by atoms with E-state index >= 15 is 0 Å². The summed E-state index contributed by atoms with van der Waals surface area (Å²) in [7, 11) is 3.87. The Bertz CT molecular complexity index is 572. The van der Waals surface area contributed by atoms with Crippen LogP contribution in [0.1, 0.15) is 37.0 Å². The van der Waals surface area contributed by atoms with Crippen LogP contribution in [0.15, 0.2) is 12.3 Å². The molecule has 0 bridgehead atoms. The highest BCUT2D eigenvalue weighted by Gasteiger charge is 2.20. The molecule has 6 heteroatoms. The van der Waals surface area contributed by atoms with E-state index in [2.05, 4.69) is 29.4 Å². The molecule has 0 aliphatic heterocycles. The lowest BCUT2D eigenvalue weighted by Gasteiger charge is -2.15. The molecule has 20 heavy (non-hydrogen) atoms. The van der Waals surface area contributed by atoms with E-state index in [1.54, 1.807) is 0 Å². The van der Waals surface area contributed by atoms with E-state index < -0.39 is 0 Å². The molecule has 1 atom stereocenters. The van der Waals surface area contributed by atoms with Gasteiger partial charge in [0.25, 0.3) is 0 Å². The Morgan fingerprint density at radius 2 is 2.10 bits per heavy atom. The van der Waals surface area contributed by atoms with Crippen LogP contribution in [0.5, 0.6) is 0 Å². The van der Waals surface area contributed by atoms with Crippen molar-refractivity contribution in [1.29, 1.82) is 0 Å². The number of nitrogens with one attached hydrogen (secondary N) is 1. The lowest BCUT2D eigenvalue weighted by atomic mass is 10.1. The molecule has 2 heterocycles. The summed E-state index contributed by atoms with van der Waals surface area (Å²) in [5.74, 6) is 0. The third-order valence-electron chi connectivity index (χ3n) is 3.53. The van der Waals surface area contributed by atoms with Gasteiger partial charge in [-0.2, -0.15) is 10.2 Å². The first kappa shape index (κ1) is 15.1. The first-order valence-corrected chi connectivity index (χ1v) is 7.39. The molecule has 0 aliphatic rings. The molecule has 0 saturated heterocycles. The molecular weight excluding hydrogens is 274 g/mol. The third kappa shape index (κ3) is 2.88. The summed E-state index contributed by atoms with van der Waals surface area (Å²) in [6, 6.07) is 2.17. The molecule has 0 spiro atoms. The van der Waals surface area contributed by atoms with Crippen molar-refractivity contribution >= 4 is 11.6 Å². The summed E-state index contributed by atoms with van der Waals surface area (Å²) in [6.07, 6.45) is 3.59. The van der Waals surface area contributed by atoms with Crippen LogP contribution < -0.4 is 5.32 Å². The Kier molecular flexibility index (Phi) is 4.83. The summed E-state index contributed by atoms with van der Waals surface area (Å²) in [5.41, 5.74) is 3.07. The van der Waals surface area contributed by atoms with Gasteiger partial charge in [0, 0.05) is 26.2 Å². The highest BCUT2D eigenvalue weighted by Crippen LogP contribution is 2.26. The third-order valence-corrected chi connectivity index (χ3v) is 3.97. The Morgan fingerprint density at radius 3 is 2.60 bits per heavy atom. The lowest BCUT2D eigenvalue weighted by Crippen LogP contribution is -2.21. The molecule has 2 rings (SSSR count). The SMILES string of the molecule is CCc1nn(CC)c(CC(NC)c2ccn(C)n2)c1Cl. The zero-order chi connectivity index (χ0) is 14.7. The number of halogens is 1. The molecule has 0 saturated carbocycles. The van der Waals surface area contributed by atoms with E-state index in [1.165, 1.54) is 0 Å². The number of hydrogen-bond acceptors (Lipinski definition) is 3. The number of aryl methyl sites for hydroxylation is 3. The maximum Gasteiger partial charge on any atom is 0.0850 e. The van der Waals surface area contributed by atoms with Crippen molar-refractivity contribution in [3.8, 4) is 0 Å². The van der Waals surface area contributed by atoms with E-state index in [0.29, 0.717) is 0 Å². The van der Waals surface area contributed by atoms with Gasteiger partial charge in [-0.25, -0.2) is 0 Å². The Morgan fingerprint density at radius 1 is 1.35 bits per heavy atom. The number of likely N-dealkylation sites (N-methyl/N-ethyl adjacent to an activating group) is 1. The summed E-state index contributed by atoms with van der Waals surface area (Å²) >= 11 is 6.47. The van der Waals surface area contributed by atoms with Crippen molar-refractivity contribution in [1.82, 2.24) is 24.9 Å². The van der Waals surface area contributed by atoms with Crippen molar-refractivity contribution < 1.29 is 0 Å². The van der Waals surface area contributed by atoms with Crippen LogP contribution in [0.2, 0.25) is 5.02 Å². The van der Waals surface area contributed by atoms with Crippen LogP contribution in [0.25, 0.3) is 0 Å². The molecule has 2 aromatic heterocycles. The van der Waals surface area contributed by atoms with Gasteiger partial charge in [0.05, 0.1) is 28.1 Å². The van der Waals surface area contributed by atoms with Crippen molar-refractivity contribution in [2.75, 3.05) is 7.05 Å². The molecule has 5 nitrogen and oxygen atoms in total. The monoisotopic (exact) mass is 295 g/mol. The van der Waals surface area contributed by atoms with Crippen LogP contribution in [-0.4, -0.2) is 26.6 Å². The number of rotatable bonds is 6. The highest BCUT2D eigenvalue weighted by atomic mass is 35.5. The van der Waals surface area contributed by atoms with Gasteiger partial charge < -0.3 is 5.32 Å². The van der Waals surface area contributed by atoms with Crippen LogP contribution in [0.4, 0.5) is 0 Å². The van der Waals surface area contributed by atoms with Crippen molar-refractivity contribution in [2.24, 2.45) is 7.05 Å². The minimum absolute atomic E-state index is 0.139. The Labute approximate surface area is 124 Å². The fourth-order valence-corrected chi connectivity index (χ4v) is 2.73. The molecule has 0 aromatic carbocycles. The van der Waals surface area contributed by atoms with Gasteiger partial charge in [-0.05, 0) is 26.5 Å². The average Bonchev–Trinajstić information content (AvgIpc) is 3.00. The van der Waals surface area contributed by atoms with Crippen LogP contribution in [-0.2, 0) is 26.4 Å². The largest absolute Gasteiger partial charge is 0.311 e. The van der Waals surface area contributed by atoms with Gasteiger partial charge in [0.15, 0.2) is 0 Å². The van der Waals surface area contributed by atoms with E-state index in [0.717, 1.165) is 41.5 Å². The summed E-state index contributed by atoms with van der Waals surface area (Å²) in [5, 5.41) is 13.1. The molecule has 0 fully saturated rings. The minimum Gasteiger partial charge on any atom is -0.311 e. The van der Waals surface area contributed by atoms with Crippen LogP contribution in [0.3, 0.4) is 0 Å². The van der Waals surface area contributed by atoms with Gasteiger partial charge in [-0.3, -0.25) is 9.36 Å². The van der Waals surface area contributed by atoms with E-state index in [4.69, 9.17) is 11.6 Å². The topological polar surface area (TPSA) is 47.7 Å². The number of hydrogen-bond donors (Lipinski definition) is 1. The summed E-state index contributed by atoms with van der Waals surface area (Å²) in [4.78, 5) is 0. The second kappa shape index (κ2) is 6.41. The van der Waals surface area contributed by atoms with Crippen molar-refractivity contribution in [2.45, 2.75) is 39.3 Å². The van der Waals surface area contributed by atoms with Crippen LogP contribution >= 0.6 is 11.6 Å². The quantitative estimate of drug-likeness (QED) is 0.890. The first-order valence-electron chi connectivity index (χ1n) is 7.01. The fraction of sp³-hybridized carbons (Fsp3) is 0.571. The molecule has 110 valence electrons. The predicted molar refractivity (Wildman–Crippen MR) is 81.0 cm³/mol. The van der Waals surface area contributed by atoms with Gasteiger partial charge in [0.2, 0.25) is 0 Å². The Balaban J connectivity index is 2.29. The van der Waals surface area contributed by atoms with Crippen molar-refractivity contribution in [3.05, 3.63) is 34.4 Å². The van der Waals surface area contributed by atoms with Gasteiger partial charge in [-0.1, -0.05) is 18.5 Å². The number of aromatic nitrogens is 4. The average molecular weight is 296 g/mol.